The lowest BCUT2D eigenvalue weighted by Crippen LogP contribution is -2.33. The Hall–Kier alpha value is -1.11. The second-order valence-electron chi connectivity index (χ2n) is 3.62. The Morgan fingerprint density at radius 1 is 1.62 bits per heavy atom. The predicted molar refractivity (Wildman–Crippen MR) is 59.7 cm³/mol. The predicted octanol–water partition coefficient (Wildman–Crippen LogP) is 0.0497. The number of hydrogen-bond donors (Lipinski definition) is 1. The van der Waals surface area contributed by atoms with Crippen molar-refractivity contribution >= 4 is 21.8 Å². The van der Waals surface area contributed by atoms with Gasteiger partial charge in [-0.3, -0.25) is 4.79 Å². The van der Waals surface area contributed by atoms with Crippen LogP contribution in [-0.2, 0) is 19.6 Å². The minimum atomic E-state index is -3.42. The van der Waals surface area contributed by atoms with Crippen molar-refractivity contribution in [1.82, 2.24) is 4.72 Å². The van der Waals surface area contributed by atoms with Crippen molar-refractivity contribution in [1.29, 1.82) is 0 Å². The van der Waals surface area contributed by atoms with E-state index in [2.05, 4.69) is 9.71 Å². The monoisotopic (exact) mass is 248 g/mol. The Balaban J connectivity index is 2.75. The highest BCUT2D eigenvalue weighted by Gasteiger charge is 2.25. The van der Waals surface area contributed by atoms with Gasteiger partial charge in [-0.05, 0) is 19.8 Å². The maximum atomic E-state index is 11.3. The Kier molecular flexibility index (Phi) is 4.28. The number of amidine groups is 1. The number of ether oxygens (including phenoxy) is 1. The molecule has 0 unspecified atom stereocenters. The van der Waals surface area contributed by atoms with E-state index in [0.29, 0.717) is 19.4 Å². The molecule has 92 valence electrons. The van der Waals surface area contributed by atoms with E-state index in [0.717, 1.165) is 12.7 Å². The molecule has 0 radical (unpaired) electrons. The van der Waals surface area contributed by atoms with Crippen molar-refractivity contribution in [2.45, 2.75) is 32.2 Å². The fourth-order valence-electron chi connectivity index (χ4n) is 1.46. The number of carbonyl (C=O) groups excluding carboxylic acids is 1. The fraction of sp³-hybridized carbons (Fsp3) is 0.778. The van der Waals surface area contributed by atoms with Gasteiger partial charge in [0.1, 0.15) is 6.04 Å². The van der Waals surface area contributed by atoms with Crippen LogP contribution in [0.2, 0.25) is 0 Å². The lowest BCUT2D eigenvalue weighted by atomic mass is 10.2. The molecule has 1 aliphatic rings. The van der Waals surface area contributed by atoms with Gasteiger partial charge in [-0.1, -0.05) is 0 Å². The summed E-state index contributed by atoms with van der Waals surface area (Å²) in [5.74, 6) is 0.0347. The van der Waals surface area contributed by atoms with Crippen LogP contribution in [0.3, 0.4) is 0 Å². The van der Waals surface area contributed by atoms with Crippen LogP contribution in [0.25, 0.3) is 0 Å². The second kappa shape index (κ2) is 5.29. The number of sulfonamides is 1. The van der Waals surface area contributed by atoms with Gasteiger partial charge in [-0.25, -0.2) is 18.1 Å². The topological polar surface area (TPSA) is 84.8 Å². The Morgan fingerprint density at radius 3 is 2.75 bits per heavy atom. The van der Waals surface area contributed by atoms with Gasteiger partial charge in [0.25, 0.3) is 6.02 Å². The maximum Gasteiger partial charge on any atom is 0.299 e. The number of hydrogen-bond acceptors (Lipinski definition) is 5. The largest absolute Gasteiger partial charge is 0.465 e. The van der Waals surface area contributed by atoms with E-state index in [1.54, 1.807) is 6.92 Å². The van der Waals surface area contributed by atoms with Crippen LogP contribution in [0, 0.1) is 0 Å². The Bertz CT molecular complexity index is 388. The SMILES string of the molecule is CCOC(=N[C@H]1CCCC1=O)NS(C)(=O)=O. The van der Waals surface area contributed by atoms with Crippen LogP contribution in [-0.4, -0.2) is 39.1 Å². The van der Waals surface area contributed by atoms with E-state index >= 15 is 0 Å². The van der Waals surface area contributed by atoms with Crippen LogP contribution in [0.1, 0.15) is 26.2 Å². The second-order valence-corrected chi connectivity index (χ2v) is 5.36. The van der Waals surface area contributed by atoms with Crippen LogP contribution in [0.15, 0.2) is 4.99 Å². The van der Waals surface area contributed by atoms with Gasteiger partial charge in [0.05, 0.1) is 12.9 Å². The molecule has 1 N–H and O–H groups in total. The molecule has 0 spiro atoms. The number of ketones is 1. The molecular weight excluding hydrogens is 232 g/mol. The fourth-order valence-corrected chi connectivity index (χ4v) is 1.89. The van der Waals surface area contributed by atoms with Gasteiger partial charge in [-0.2, -0.15) is 0 Å². The first-order chi connectivity index (χ1) is 7.42. The molecule has 16 heavy (non-hydrogen) atoms. The zero-order valence-corrected chi connectivity index (χ0v) is 10.2. The third kappa shape index (κ3) is 4.18. The van der Waals surface area contributed by atoms with Gasteiger partial charge >= 0.3 is 0 Å². The lowest BCUT2D eigenvalue weighted by molar-refractivity contribution is -0.118. The Labute approximate surface area is 95.1 Å². The van der Waals surface area contributed by atoms with E-state index in [9.17, 15) is 13.2 Å². The summed E-state index contributed by atoms with van der Waals surface area (Å²) in [4.78, 5) is 15.3. The molecule has 7 heteroatoms. The first-order valence-corrected chi connectivity index (χ1v) is 7.02. The average molecular weight is 248 g/mol. The number of rotatable bonds is 3. The molecule has 1 saturated carbocycles. The molecule has 0 aliphatic heterocycles. The summed E-state index contributed by atoms with van der Waals surface area (Å²) in [6.45, 7) is 2.01. The van der Waals surface area contributed by atoms with Gasteiger partial charge in [0.2, 0.25) is 10.0 Å². The number of nitrogens with one attached hydrogen (secondary N) is 1. The molecule has 1 atom stereocenters. The molecule has 6 nitrogen and oxygen atoms in total. The molecule has 1 fully saturated rings. The first-order valence-electron chi connectivity index (χ1n) is 5.13. The van der Waals surface area contributed by atoms with E-state index in [4.69, 9.17) is 4.74 Å². The van der Waals surface area contributed by atoms with Crippen molar-refractivity contribution < 1.29 is 17.9 Å². The third-order valence-electron chi connectivity index (χ3n) is 2.10. The van der Waals surface area contributed by atoms with E-state index < -0.39 is 16.1 Å². The van der Waals surface area contributed by atoms with Crippen molar-refractivity contribution in [2.24, 2.45) is 4.99 Å². The van der Waals surface area contributed by atoms with Crippen LogP contribution in [0.5, 0.6) is 0 Å². The molecule has 0 bridgehead atoms. The Morgan fingerprint density at radius 2 is 2.31 bits per heavy atom. The molecule has 0 aromatic rings. The molecule has 0 amide bonds. The molecule has 0 heterocycles. The highest BCUT2D eigenvalue weighted by molar-refractivity contribution is 7.89. The summed E-state index contributed by atoms with van der Waals surface area (Å²) in [5, 5.41) is 0. The van der Waals surface area contributed by atoms with Crippen LogP contribution < -0.4 is 4.72 Å². The zero-order chi connectivity index (χ0) is 12.2. The normalized spacial score (nSPS) is 22.2. The number of carbonyl (C=O) groups is 1. The summed E-state index contributed by atoms with van der Waals surface area (Å²) in [6, 6.07) is -0.555. The highest BCUT2D eigenvalue weighted by Crippen LogP contribution is 2.17. The zero-order valence-electron chi connectivity index (χ0n) is 9.39. The molecule has 0 saturated heterocycles. The van der Waals surface area contributed by atoms with E-state index in [1.807, 2.05) is 0 Å². The standard InChI is InChI=1S/C9H16N2O4S/c1-3-15-9(11-16(2,13)14)10-7-5-4-6-8(7)12/h7H,3-6H2,1-2H3,(H,10,11)/t7-/m0/s1. The van der Waals surface area contributed by atoms with Crippen LogP contribution in [0.4, 0.5) is 0 Å². The van der Waals surface area contributed by atoms with Gasteiger partial charge in [0.15, 0.2) is 5.78 Å². The quantitative estimate of drug-likeness (QED) is 0.565. The van der Waals surface area contributed by atoms with Crippen LogP contribution >= 0.6 is 0 Å². The maximum absolute atomic E-state index is 11.3. The summed E-state index contributed by atoms with van der Waals surface area (Å²) in [5.41, 5.74) is 0. The summed E-state index contributed by atoms with van der Waals surface area (Å²) < 4.78 is 29.2. The van der Waals surface area contributed by atoms with Gasteiger partial charge in [0, 0.05) is 6.42 Å². The summed E-state index contributed by atoms with van der Waals surface area (Å²) in [7, 11) is -3.42. The number of nitrogens with zero attached hydrogens (tertiary/aromatic N) is 1. The number of Topliss-reactive ketones (excluding diaryl/α,β-unsaturated/α-hetero) is 1. The minimum Gasteiger partial charge on any atom is -0.465 e. The van der Waals surface area contributed by atoms with E-state index in [-0.39, 0.29) is 11.8 Å². The van der Waals surface area contributed by atoms with Crippen molar-refractivity contribution in [2.75, 3.05) is 12.9 Å². The van der Waals surface area contributed by atoms with Crippen molar-refractivity contribution in [3.05, 3.63) is 0 Å². The average Bonchev–Trinajstić information content (AvgIpc) is 2.49. The smallest absolute Gasteiger partial charge is 0.299 e. The van der Waals surface area contributed by atoms with Crippen molar-refractivity contribution in [3.8, 4) is 0 Å². The van der Waals surface area contributed by atoms with Gasteiger partial charge < -0.3 is 4.74 Å². The summed E-state index contributed by atoms with van der Waals surface area (Å²) >= 11 is 0. The number of aliphatic imine (C=N–C) groups is 1. The van der Waals surface area contributed by atoms with Crippen molar-refractivity contribution in [3.63, 3.8) is 0 Å². The molecule has 0 aromatic heterocycles. The molecule has 1 aliphatic carbocycles. The van der Waals surface area contributed by atoms with E-state index in [1.165, 1.54) is 0 Å². The molecule has 0 aromatic carbocycles. The highest BCUT2D eigenvalue weighted by atomic mass is 32.2. The third-order valence-corrected chi connectivity index (χ3v) is 2.64. The minimum absolute atomic E-state index is 0.0347. The van der Waals surface area contributed by atoms with Gasteiger partial charge in [-0.15, -0.1) is 0 Å². The molecule has 1 rings (SSSR count). The molecular formula is C9H16N2O4S. The summed E-state index contributed by atoms with van der Waals surface area (Å²) in [6.07, 6.45) is 2.97. The lowest BCUT2D eigenvalue weighted by Gasteiger charge is -2.10. The first kappa shape index (κ1) is 13.0.